The Morgan fingerprint density at radius 2 is 1.93 bits per heavy atom. The molecule has 2 aromatic heterocycles. The van der Waals surface area contributed by atoms with E-state index >= 15 is 0 Å². The van der Waals surface area contributed by atoms with Crippen LogP contribution in [0.3, 0.4) is 0 Å². The number of carbonyl (C=O) groups excluding carboxylic acids is 1. The number of hydrogen-bond donors (Lipinski definition) is 0. The highest BCUT2D eigenvalue weighted by atomic mass is 16.2. The van der Waals surface area contributed by atoms with Crippen LogP contribution in [0.1, 0.15) is 47.1 Å². The number of pyridine rings is 2. The number of nitrogens with zero attached hydrogens (tertiary/aromatic N) is 4. The minimum atomic E-state index is -0.273. The van der Waals surface area contributed by atoms with E-state index in [1.807, 2.05) is 50.3 Å². The normalized spacial score (nSPS) is 12.3. The first-order valence-corrected chi connectivity index (χ1v) is 9.30. The van der Waals surface area contributed by atoms with Gasteiger partial charge in [-0.05, 0) is 57.6 Å². The van der Waals surface area contributed by atoms with Crippen molar-refractivity contribution in [2.75, 3.05) is 27.7 Å². The first kappa shape index (κ1) is 20.8. The zero-order valence-electron chi connectivity index (χ0n) is 17.2. The maximum Gasteiger partial charge on any atom is 0.263 e. The second-order valence-corrected chi connectivity index (χ2v) is 7.37. The molecule has 2 rings (SSSR count). The molecule has 0 N–H and O–H groups in total. The van der Waals surface area contributed by atoms with Crippen molar-refractivity contribution in [3.05, 3.63) is 63.3 Å². The summed E-state index contributed by atoms with van der Waals surface area (Å²) in [5.41, 5.74) is 2.65. The monoisotopic (exact) mass is 370 g/mol. The number of aryl methyl sites for hydroxylation is 2. The second kappa shape index (κ2) is 8.95. The quantitative estimate of drug-likeness (QED) is 0.751. The highest BCUT2D eigenvalue weighted by Gasteiger charge is 2.21. The smallest absolute Gasteiger partial charge is 0.263 e. The molecule has 0 aliphatic carbocycles. The van der Waals surface area contributed by atoms with E-state index in [0.29, 0.717) is 12.1 Å². The lowest BCUT2D eigenvalue weighted by Gasteiger charge is -2.22. The number of amides is 1. The van der Waals surface area contributed by atoms with E-state index in [1.54, 1.807) is 29.6 Å². The van der Waals surface area contributed by atoms with E-state index in [0.717, 1.165) is 24.2 Å². The Bertz CT molecular complexity index is 840. The van der Waals surface area contributed by atoms with Crippen molar-refractivity contribution in [1.29, 1.82) is 0 Å². The van der Waals surface area contributed by atoms with Crippen LogP contribution in [0, 0.1) is 6.92 Å². The number of carbonyl (C=O) groups is 1. The molecule has 1 atom stereocenters. The van der Waals surface area contributed by atoms with Crippen molar-refractivity contribution >= 4 is 5.91 Å². The summed E-state index contributed by atoms with van der Waals surface area (Å²) in [5, 5.41) is 0. The average Bonchev–Trinajstić information content (AvgIpc) is 2.61. The molecule has 27 heavy (non-hydrogen) atoms. The molecule has 0 aliphatic heterocycles. The summed E-state index contributed by atoms with van der Waals surface area (Å²) in [7, 11) is 5.63. The van der Waals surface area contributed by atoms with Gasteiger partial charge in [0.05, 0.1) is 12.2 Å². The minimum Gasteiger partial charge on any atom is -0.336 e. The third-order valence-corrected chi connectivity index (χ3v) is 4.69. The Balaban J connectivity index is 2.27. The van der Waals surface area contributed by atoms with Crippen LogP contribution in [-0.4, -0.2) is 52.9 Å². The van der Waals surface area contributed by atoms with Crippen molar-refractivity contribution in [3.63, 3.8) is 0 Å². The Morgan fingerprint density at radius 1 is 1.22 bits per heavy atom. The van der Waals surface area contributed by atoms with Gasteiger partial charge in [-0.15, -0.1) is 0 Å². The molecular weight excluding hydrogens is 340 g/mol. The fourth-order valence-corrected chi connectivity index (χ4v) is 3.13. The summed E-state index contributed by atoms with van der Waals surface area (Å²) in [6.07, 6.45) is 4.53. The molecule has 6 nitrogen and oxygen atoms in total. The van der Waals surface area contributed by atoms with Gasteiger partial charge in [-0.2, -0.15) is 0 Å². The van der Waals surface area contributed by atoms with Crippen LogP contribution in [0.5, 0.6) is 0 Å². The second-order valence-electron chi connectivity index (χ2n) is 7.37. The molecule has 146 valence electrons. The summed E-state index contributed by atoms with van der Waals surface area (Å²) < 4.78 is 1.64. The van der Waals surface area contributed by atoms with Gasteiger partial charge < -0.3 is 14.4 Å². The molecule has 0 spiro atoms. The molecule has 0 radical (unpaired) electrons. The van der Waals surface area contributed by atoms with Gasteiger partial charge in [0.15, 0.2) is 0 Å². The van der Waals surface area contributed by atoms with E-state index in [9.17, 15) is 9.59 Å². The summed E-state index contributed by atoms with van der Waals surface area (Å²) in [5.74, 6) is -0.273. The molecule has 0 saturated heterocycles. The van der Waals surface area contributed by atoms with Crippen molar-refractivity contribution in [2.24, 2.45) is 0 Å². The van der Waals surface area contributed by atoms with Gasteiger partial charge in [0.25, 0.3) is 11.5 Å². The first-order chi connectivity index (χ1) is 12.7. The van der Waals surface area contributed by atoms with Gasteiger partial charge in [-0.1, -0.05) is 13.0 Å². The molecule has 0 fully saturated rings. The molecule has 0 aliphatic rings. The van der Waals surface area contributed by atoms with Crippen LogP contribution in [0.2, 0.25) is 0 Å². The highest BCUT2D eigenvalue weighted by Crippen LogP contribution is 2.12. The van der Waals surface area contributed by atoms with Gasteiger partial charge in [-0.25, -0.2) is 0 Å². The zero-order chi connectivity index (χ0) is 20.1. The molecule has 0 bridgehead atoms. The van der Waals surface area contributed by atoms with Crippen LogP contribution in [0.4, 0.5) is 0 Å². The number of hydrogen-bond acceptors (Lipinski definition) is 4. The summed E-state index contributed by atoms with van der Waals surface area (Å²) in [6, 6.07) is 5.76. The first-order valence-electron chi connectivity index (χ1n) is 9.30. The Kier molecular flexibility index (Phi) is 6.91. The SMILES string of the molecule is CCc1ccc(CN(C)C(=O)c2c(C)ccn(C(C)CN(C)C)c2=O)nc1. The van der Waals surface area contributed by atoms with Gasteiger partial charge in [0.2, 0.25) is 0 Å². The van der Waals surface area contributed by atoms with Gasteiger partial charge in [0, 0.05) is 32.0 Å². The van der Waals surface area contributed by atoms with Crippen LogP contribution in [-0.2, 0) is 13.0 Å². The topological polar surface area (TPSA) is 58.4 Å². The van der Waals surface area contributed by atoms with E-state index in [4.69, 9.17) is 0 Å². The van der Waals surface area contributed by atoms with Gasteiger partial charge >= 0.3 is 0 Å². The van der Waals surface area contributed by atoms with Crippen LogP contribution >= 0.6 is 0 Å². The molecule has 2 aromatic rings. The highest BCUT2D eigenvalue weighted by molar-refractivity contribution is 5.95. The zero-order valence-corrected chi connectivity index (χ0v) is 17.2. The van der Waals surface area contributed by atoms with Crippen LogP contribution in [0.25, 0.3) is 0 Å². The maximum absolute atomic E-state index is 13.0. The van der Waals surface area contributed by atoms with Crippen molar-refractivity contribution in [3.8, 4) is 0 Å². The molecule has 2 heterocycles. The van der Waals surface area contributed by atoms with Crippen molar-refractivity contribution in [2.45, 2.75) is 39.8 Å². The third-order valence-electron chi connectivity index (χ3n) is 4.69. The molecule has 1 unspecified atom stereocenters. The number of likely N-dealkylation sites (N-methyl/N-ethyl adjacent to an activating group) is 1. The molecule has 1 amide bonds. The lowest BCUT2D eigenvalue weighted by Crippen LogP contribution is -2.37. The van der Waals surface area contributed by atoms with Crippen molar-refractivity contribution < 1.29 is 4.79 Å². The van der Waals surface area contributed by atoms with Crippen molar-refractivity contribution in [1.82, 2.24) is 19.4 Å². The molecular formula is C21H30N4O2. The number of aromatic nitrogens is 2. The predicted octanol–water partition coefficient (Wildman–Crippen LogP) is 2.51. The fourth-order valence-electron chi connectivity index (χ4n) is 3.13. The van der Waals surface area contributed by atoms with E-state index in [1.165, 1.54) is 0 Å². The Labute approximate surface area is 161 Å². The fraction of sp³-hybridized carbons (Fsp3) is 0.476. The lowest BCUT2D eigenvalue weighted by molar-refractivity contribution is 0.0780. The molecule has 0 saturated carbocycles. The summed E-state index contributed by atoms with van der Waals surface area (Å²) >= 11 is 0. The Morgan fingerprint density at radius 3 is 2.48 bits per heavy atom. The average molecular weight is 370 g/mol. The van der Waals surface area contributed by atoms with E-state index in [2.05, 4.69) is 11.9 Å². The summed E-state index contributed by atoms with van der Waals surface area (Å²) in [6.45, 7) is 6.95. The van der Waals surface area contributed by atoms with E-state index in [-0.39, 0.29) is 23.1 Å². The molecule has 0 aromatic carbocycles. The minimum absolute atomic E-state index is 0.0202. The van der Waals surface area contributed by atoms with Gasteiger partial charge in [-0.3, -0.25) is 14.6 Å². The van der Waals surface area contributed by atoms with Crippen LogP contribution < -0.4 is 5.56 Å². The van der Waals surface area contributed by atoms with Crippen LogP contribution in [0.15, 0.2) is 35.4 Å². The third kappa shape index (κ3) is 5.04. The molecule has 6 heteroatoms. The largest absolute Gasteiger partial charge is 0.336 e. The maximum atomic E-state index is 13.0. The summed E-state index contributed by atoms with van der Waals surface area (Å²) in [4.78, 5) is 33.9. The van der Waals surface area contributed by atoms with E-state index < -0.39 is 0 Å². The Hall–Kier alpha value is -2.47. The lowest BCUT2D eigenvalue weighted by atomic mass is 10.1. The van der Waals surface area contributed by atoms with Gasteiger partial charge in [0.1, 0.15) is 5.56 Å². The number of rotatable bonds is 7. The predicted molar refractivity (Wildman–Crippen MR) is 108 cm³/mol. The standard InChI is InChI=1S/C21H30N4O2/c1-7-17-8-9-18(22-12-17)14-24(6)20(26)19-15(2)10-11-25(21(19)27)16(3)13-23(4)5/h8-12,16H,7,13-14H2,1-6H3.